The van der Waals surface area contributed by atoms with Crippen molar-refractivity contribution in [1.29, 1.82) is 0 Å². The molecule has 2 N–H and O–H groups in total. The third-order valence-corrected chi connectivity index (χ3v) is 6.35. The first-order valence-electron chi connectivity index (χ1n) is 10.4. The minimum absolute atomic E-state index is 0.0503. The van der Waals surface area contributed by atoms with E-state index in [-0.39, 0.29) is 31.8 Å². The molecule has 1 heterocycles. The second-order valence-corrected chi connectivity index (χ2v) is 8.72. The topological polar surface area (TPSA) is 80.3 Å². The molecule has 0 aliphatic carbocycles. The van der Waals surface area contributed by atoms with Gasteiger partial charge in [0, 0.05) is 34.1 Å². The summed E-state index contributed by atoms with van der Waals surface area (Å²) in [5.74, 6) is -2.82. The van der Waals surface area contributed by atoms with Crippen molar-refractivity contribution in [3.05, 3.63) is 80.1 Å². The Morgan fingerprint density at radius 2 is 1.88 bits per heavy atom. The van der Waals surface area contributed by atoms with Crippen LogP contribution in [0.2, 0.25) is 5.02 Å². The van der Waals surface area contributed by atoms with Crippen molar-refractivity contribution < 1.29 is 23.1 Å². The molecule has 6 nitrogen and oxygen atoms in total. The second kappa shape index (κ2) is 12.1. The van der Waals surface area contributed by atoms with Gasteiger partial charge in [-0.15, -0.1) is 0 Å². The number of hydrogen-bond acceptors (Lipinski definition) is 5. The average Bonchev–Trinajstić information content (AvgIpc) is 2.82. The zero-order valence-corrected chi connectivity index (χ0v) is 21.0. The molecule has 0 saturated heterocycles. The number of amides is 1. The monoisotopic (exact) mass is 599 g/mol. The normalized spacial score (nSPS) is 10.6. The summed E-state index contributed by atoms with van der Waals surface area (Å²) in [5, 5.41) is 6.33. The van der Waals surface area contributed by atoms with E-state index in [1.165, 1.54) is 12.3 Å². The summed E-state index contributed by atoms with van der Waals surface area (Å²) in [5.41, 5.74) is 2.31. The van der Waals surface area contributed by atoms with E-state index in [1.54, 1.807) is 19.1 Å². The number of anilines is 1. The van der Waals surface area contributed by atoms with Gasteiger partial charge < -0.3 is 15.4 Å². The molecule has 10 heteroatoms. The summed E-state index contributed by atoms with van der Waals surface area (Å²) in [7, 11) is 0. The number of rotatable bonds is 9. The summed E-state index contributed by atoms with van der Waals surface area (Å²) < 4.78 is 33.7. The lowest BCUT2D eigenvalue weighted by molar-refractivity contribution is -0.142. The Morgan fingerprint density at radius 3 is 2.56 bits per heavy atom. The van der Waals surface area contributed by atoms with E-state index in [1.807, 2.05) is 12.1 Å². The second-order valence-electron chi connectivity index (χ2n) is 7.15. The zero-order valence-electron chi connectivity index (χ0n) is 18.1. The summed E-state index contributed by atoms with van der Waals surface area (Å²) in [6, 6.07) is 10.7. The number of carbonyl (C=O) groups excluding carboxylic acids is 2. The van der Waals surface area contributed by atoms with Crippen molar-refractivity contribution in [2.75, 3.05) is 18.5 Å². The van der Waals surface area contributed by atoms with Gasteiger partial charge >= 0.3 is 5.97 Å². The Bertz CT molecular complexity index is 1190. The Hall–Kier alpha value is -2.79. The van der Waals surface area contributed by atoms with Gasteiger partial charge in [-0.05, 0) is 77.0 Å². The number of aromatic nitrogens is 1. The molecule has 34 heavy (non-hydrogen) atoms. The highest BCUT2D eigenvalue weighted by Gasteiger charge is 2.14. The number of halogens is 4. The van der Waals surface area contributed by atoms with Crippen molar-refractivity contribution in [1.82, 2.24) is 10.3 Å². The maximum absolute atomic E-state index is 14.0. The van der Waals surface area contributed by atoms with E-state index in [0.717, 1.165) is 21.4 Å². The van der Waals surface area contributed by atoms with E-state index in [0.29, 0.717) is 21.7 Å². The van der Waals surface area contributed by atoms with Crippen LogP contribution in [0, 0.1) is 15.2 Å². The number of nitrogens with one attached hydrogen (secondary N) is 2. The molecule has 0 atom stereocenters. The van der Waals surface area contributed by atoms with Crippen LogP contribution in [0.25, 0.3) is 11.1 Å². The molecular weight excluding hydrogens is 579 g/mol. The van der Waals surface area contributed by atoms with Gasteiger partial charge in [0.15, 0.2) is 11.6 Å². The molecule has 3 aromatic rings. The third-order valence-electron chi connectivity index (χ3n) is 4.78. The van der Waals surface area contributed by atoms with E-state index >= 15 is 0 Å². The predicted octanol–water partition coefficient (Wildman–Crippen LogP) is 5.58. The van der Waals surface area contributed by atoms with E-state index < -0.39 is 23.5 Å². The first-order valence-corrected chi connectivity index (χ1v) is 11.8. The number of nitrogens with zero attached hydrogens (tertiary/aromatic N) is 1. The van der Waals surface area contributed by atoms with Gasteiger partial charge in [0.1, 0.15) is 5.69 Å². The molecule has 3 rings (SSSR count). The molecule has 1 amide bonds. The molecule has 1 aromatic heterocycles. The number of carbonyl (C=O) groups is 2. The first-order chi connectivity index (χ1) is 16.3. The smallest absolute Gasteiger partial charge is 0.307 e. The summed E-state index contributed by atoms with van der Waals surface area (Å²) in [4.78, 5) is 27.8. The van der Waals surface area contributed by atoms with E-state index in [9.17, 15) is 18.4 Å². The molecule has 0 aliphatic heterocycles. The van der Waals surface area contributed by atoms with Crippen LogP contribution in [0.4, 0.5) is 14.5 Å². The minimum atomic E-state index is -0.989. The molecule has 2 aromatic carbocycles. The minimum Gasteiger partial charge on any atom is -0.466 e. The van der Waals surface area contributed by atoms with Gasteiger partial charge in [-0.3, -0.25) is 14.6 Å². The summed E-state index contributed by atoms with van der Waals surface area (Å²) in [6.45, 7) is 2.30. The van der Waals surface area contributed by atoms with Crippen molar-refractivity contribution in [2.45, 2.75) is 19.9 Å². The molecule has 0 aliphatic rings. The highest BCUT2D eigenvalue weighted by molar-refractivity contribution is 14.1. The lowest BCUT2D eigenvalue weighted by atomic mass is 10.00. The SMILES string of the molecule is CCOC(=O)CCNC(=O)c1ccc(-c2cc(F)c(F)cc2CNc2ccc(I)c(Cl)c2)cn1. The van der Waals surface area contributed by atoms with E-state index in [4.69, 9.17) is 16.3 Å². The quantitative estimate of drug-likeness (QED) is 0.248. The van der Waals surface area contributed by atoms with Gasteiger partial charge in [0.05, 0.1) is 18.1 Å². The number of pyridine rings is 1. The van der Waals surface area contributed by atoms with Crippen LogP contribution in [0.15, 0.2) is 48.7 Å². The Morgan fingerprint density at radius 1 is 1.12 bits per heavy atom. The Labute approximate surface area is 214 Å². The predicted molar refractivity (Wildman–Crippen MR) is 135 cm³/mol. The summed E-state index contributed by atoms with van der Waals surface area (Å²) in [6.07, 6.45) is 1.47. The van der Waals surface area contributed by atoms with E-state index in [2.05, 4.69) is 38.2 Å². The van der Waals surface area contributed by atoms with Gasteiger partial charge in [-0.2, -0.15) is 0 Å². The Kier molecular flexibility index (Phi) is 9.17. The van der Waals surface area contributed by atoms with Crippen molar-refractivity contribution >= 4 is 51.8 Å². The fourth-order valence-corrected chi connectivity index (χ4v) is 3.61. The van der Waals surface area contributed by atoms with Crippen LogP contribution in [0.3, 0.4) is 0 Å². The summed E-state index contributed by atoms with van der Waals surface area (Å²) >= 11 is 8.26. The highest BCUT2D eigenvalue weighted by Crippen LogP contribution is 2.28. The fraction of sp³-hybridized carbons (Fsp3) is 0.208. The molecule has 0 saturated carbocycles. The molecule has 0 bridgehead atoms. The van der Waals surface area contributed by atoms with Crippen LogP contribution in [0.1, 0.15) is 29.4 Å². The van der Waals surface area contributed by atoms with Gasteiger partial charge in [-0.1, -0.05) is 17.7 Å². The number of ether oxygens (including phenoxy) is 1. The van der Waals surface area contributed by atoms with Gasteiger partial charge in [0.25, 0.3) is 5.91 Å². The lowest BCUT2D eigenvalue weighted by Gasteiger charge is -2.13. The van der Waals surface area contributed by atoms with Crippen LogP contribution in [0.5, 0.6) is 0 Å². The van der Waals surface area contributed by atoms with Crippen LogP contribution in [-0.4, -0.2) is 30.0 Å². The first kappa shape index (κ1) is 25.8. The highest BCUT2D eigenvalue weighted by atomic mass is 127. The average molecular weight is 600 g/mol. The van der Waals surface area contributed by atoms with Crippen molar-refractivity contribution in [2.24, 2.45) is 0 Å². The third kappa shape index (κ3) is 6.86. The van der Waals surface area contributed by atoms with Gasteiger partial charge in [0.2, 0.25) is 0 Å². The number of esters is 1. The maximum atomic E-state index is 14.0. The molecule has 178 valence electrons. The lowest BCUT2D eigenvalue weighted by Crippen LogP contribution is -2.27. The molecular formula is C24H21ClF2IN3O3. The molecule has 0 fully saturated rings. The largest absolute Gasteiger partial charge is 0.466 e. The van der Waals surface area contributed by atoms with Crippen LogP contribution >= 0.6 is 34.2 Å². The standard InChI is InChI=1S/C24H21ClF2IN3O3/c1-2-34-23(32)7-8-29-24(33)22-6-3-14(12-31-22)17-11-20(27)19(26)9-15(17)13-30-16-4-5-21(28)18(25)10-16/h3-6,9-12,30H,2,7-8,13H2,1H3,(H,29,33). The van der Waals surface area contributed by atoms with Crippen LogP contribution in [-0.2, 0) is 16.1 Å². The molecule has 0 radical (unpaired) electrons. The van der Waals surface area contributed by atoms with Crippen LogP contribution < -0.4 is 10.6 Å². The number of benzene rings is 2. The van der Waals surface area contributed by atoms with Gasteiger partial charge in [-0.25, -0.2) is 8.78 Å². The zero-order chi connectivity index (χ0) is 24.7. The Balaban J connectivity index is 1.74. The van der Waals surface area contributed by atoms with Crippen molar-refractivity contribution in [3.63, 3.8) is 0 Å². The maximum Gasteiger partial charge on any atom is 0.307 e. The van der Waals surface area contributed by atoms with Crippen molar-refractivity contribution in [3.8, 4) is 11.1 Å². The molecule has 0 unspecified atom stereocenters. The fourth-order valence-electron chi connectivity index (χ4n) is 3.10. The number of hydrogen-bond donors (Lipinski definition) is 2. The molecule has 0 spiro atoms.